The molecule has 188 valence electrons. The van der Waals surface area contributed by atoms with Crippen LogP contribution < -0.4 is 0 Å². The number of benzene rings is 2. The van der Waals surface area contributed by atoms with E-state index in [1.165, 1.54) is 75.3 Å². The second-order valence-corrected chi connectivity index (χ2v) is 37.5. The number of fused-ring (bicyclic) bond motifs is 2. The third kappa shape index (κ3) is 4.09. The minimum Gasteiger partial charge on any atom is -0.147 e. The molecule has 2 fully saturated rings. The van der Waals surface area contributed by atoms with Crippen molar-refractivity contribution >= 4 is 43.8 Å². The molecule has 2 unspecified atom stereocenters. The van der Waals surface area contributed by atoms with Gasteiger partial charge < -0.3 is 0 Å². The van der Waals surface area contributed by atoms with Crippen LogP contribution in [0.5, 0.6) is 0 Å². The molecule has 2 atom stereocenters. The van der Waals surface area contributed by atoms with Gasteiger partial charge in [-0.3, -0.25) is 0 Å². The number of rotatable bonds is 4. The molecule has 2 saturated carbocycles. The summed E-state index contributed by atoms with van der Waals surface area (Å²) in [6.45, 7) is 5.24. The molecule has 2 aromatic carbocycles. The Balaban J connectivity index is 0.00000144. The molecule has 0 saturated heterocycles. The summed E-state index contributed by atoms with van der Waals surface area (Å²) in [5.41, 5.74) is 8.18. The van der Waals surface area contributed by atoms with Crippen LogP contribution >= 0.6 is 24.8 Å². The van der Waals surface area contributed by atoms with Crippen molar-refractivity contribution in [3.05, 3.63) is 82.4 Å². The van der Waals surface area contributed by atoms with Crippen molar-refractivity contribution < 1.29 is 17.4 Å². The zero-order chi connectivity index (χ0) is 22.5. The topological polar surface area (TPSA) is 0 Å². The van der Waals surface area contributed by atoms with E-state index in [9.17, 15) is 0 Å². The molecule has 0 spiro atoms. The van der Waals surface area contributed by atoms with E-state index in [-0.39, 0.29) is 24.8 Å². The predicted molar refractivity (Wildman–Crippen MR) is 158 cm³/mol. The first kappa shape index (κ1) is 27.6. The standard InChI is InChI=1S/C10H9.C9H7.2C6H11.2ClH.H2Si.Zr/c1-8-6-9-4-2-3-5-10(9)7-8;1-2-5-9-7-3-6-8(9)4-1;2*1-2-4-6-5-3-1;;;;/h2-7H,1H3;1-7H;2*1H,2-6H2;2*1H;1H2;. The maximum Gasteiger partial charge on any atom is -0.147 e. The fraction of sp³-hybridized carbons (Fsp3) is 0.484. The van der Waals surface area contributed by atoms with Crippen molar-refractivity contribution in [2.45, 2.75) is 85.6 Å². The quantitative estimate of drug-likeness (QED) is 0.305. The molecule has 0 aromatic heterocycles. The van der Waals surface area contributed by atoms with Crippen LogP contribution in [0.3, 0.4) is 0 Å². The maximum atomic E-state index is 2.75. The van der Waals surface area contributed by atoms with Crippen LogP contribution in [0.1, 0.15) is 101 Å². The van der Waals surface area contributed by atoms with Crippen LogP contribution in [-0.4, -0.2) is 6.88 Å². The Morgan fingerprint density at radius 2 is 1.20 bits per heavy atom. The largest absolute Gasteiger partial charge is 0.147 e. The Bertz CT molecular complexity index is 1160. The molecule has 0 heterocycles. The van der Waals surface area contributed by atoms with Gasteiger partial charge in [0.25, 0.3) is 0 Å². The molecule has 0 radical (unpaired) electrons. The molecule has 0 N–H and O–H groups in total. The third-order valence-electron chi connectivity index (χ3n) is 10.6. The average Bonchev–Trinajstić information content (AvgIpc) is 3.46. The van der Waals surface area contributed by atoms with Gasteiger partial charge in [0.05, 0.1) is 0 Å². The summed E-state index contributed by atoms with van der Waals surface area (Å²) in [7, 11) is 0. The van der Waals surface area contributed by atoms with Crippen LogP contribution in [-0.2, 0) is 17.4 Å². The van der Waals surface area contributed by atoms with Crippen molar-refractivity contribution in [2.75, 3.05) is 0 Å². The summed E-state index contributed by atoms with van der Waals surface area (Å²) < 4.78 is 3.42. The van der Waals surface area contributed by atoms with Gasteiger partial charge in [-0.25, -0.2) is 0 Å². The SMILES string of the molecule is CC1=Cc2ccccc2[CH]1[Zr](=[SiH2])([CH]1CCCCC1)([CH]1CCCCC1)[CH]1C=Cc2ccccc21.Cl.Cl. The van der Waals surface area contributed by atoms with E-state index in [0.717, 1.165) is 10.9 Å². The molecule has 4 heteroatoms. The fourth-order valence-electron chi connectivity index (χ4n) is 9.38. The molecule has 0 amide bonds. The molecule has 35 heavy (non-hydrogen) atoms. The Hall–Kier alpha value is -0.400. The monoisotopic (exact) mass is 602 g/mol. The van der Waals surface area contributed by atoms with Crippen LogP contribution in [0.2, 0.25) is 7.25 Å². The summed E-state index contributed by atoms with van der Waals surface area (Å²) in [6, 6.07) is 19.0. The van der Waals surface area contributed by atoms with E-state index >= 15 is 0 Å². The molecular weight excluding hydrogens is 563 g/mol. The zero-order valence-electron chi connectivity index (χ0n) is 21.3. The first-order valence-electron chi connectivity index (χ1n) is 13.7. The molecule has 0 bridgehead atoms. The minimum atomic E-state index is -3.66. The molecule has 6 rings (SSSR count). The predicted octanol–water partition coefficient (Wildman–Crippen LogP) is 9.50. The van der Waals surface area contributed by atoms with Crippen molar-refractivity contribution in [3.63, 3.8) is 0 Å². The van der Waals surface area contributed by atoms with Crippen LogP contribution in [0.25, 0.3) is 12.2 Å². The van der Waals surface area contributed by atoms with Crippen molar-refractivity contribution in [3.8, 4) is 0 Å². The van der Waals surface area contributed by atoms with Crippen molar-refractivity contribution in [2.24, 2.45) is 0 Å². The first-order valence-corrected chi connectivity index (χ1v) is 25.3. The van der Waals surface area contributed by atoms with Gasteiger partial charge in [0.1, 0.15) is 0 Å². The molecule has 2 aromatic rings. The second kappa shape index (κ2) is 10.8. The van der Waals surface area contributed by atoms with Gasteiger partial charge in [0.15, 0.2) is 0 Å². The van der Waals surface area contributed by atoms with E-state index in [1.54, 1.807) is 16.7 Å². The van der Waals surface area contributed by atoms with E-state index in [1.807, 2.05) is 0 Å². The molecule has 0 aliphatic heterocycles. The Morgan fingerprint density at radius 3 is 1.80 bits per heavy atom. The minimum absolute atomic E-state index is 0. The van der Waals surface area contributed by atoms with E-state index in [2.05, 4.69) is 80.6 Å². The van der Waals surface area contributed by atoms with Crippen LogP contribution in [0.4, 0.5) is 0 Å². The van der Waals surface area contributed by atoms with Crippen molar-refractivity contribution in [1.82, 2.24) is 0 Å². The van der Waals surface area contributed by atoms with Gasteiger partial charge in [-0.05, 0) is 0 Å². The maximum absolute atomic E-state index is 3.66. The Labute approximate surface area is 227 Å². The average molecular weight is 605 g/mol. The molecule has 4 aliphatic carbocycles. The van der Waals surface area contributed by atoms with Gasteiger partial charge in [0, 0.05) is 0 Å². The number of allylic oxidation sites excluding steroid dienone is 2. The van der Waals surface area contributed by atoms with E-state index < -0.39 is 17.4 Å². The van der Waals surface area contributed by atoms with E-state index in [4.69, 9.17) is 0 Å². The first-order chi connectivity index (χ1) is 16.1. The van der Waals surface area contributed by atoms with Gasteiger partial charge >= 0.3 is 204 Å². The van der Waals surface area contributed by atoms with Gasteiger partial charge in [-0.15, -0.1) is 24.8 Å². The van der Waals surface area contributed by atoms with Gasteiger partial charge in [0.2, 0.25) is 0 Å². The summed E-state index contributed by atoms with van der Waals surface area (Å²) in [5.74, 6) is 0. The van der Waals surface area contributed by atoms with E-state index in [0.29, 0.717) is 3.63 Å². The normalized spacial score (nSPS) is 24.7. The van der Waals surface area contributed by atoms with Gasteiger partial charge in [-0.1, -0.05) is 0 Å². The number of halogens is 2. The summed E-state index contributed by atoms with van der Waals surface area (Å²) in [4.78, 5) is 0. The summed E-state index contributed by atoms with van der Waals surface area (Å²) in [5, 5.41) is 0. The Morgan fingerprint density at radius 1 is 0.686 bits per heavy atom. The van der Waals surface area contributed by atoms with Gasteiger partial charge in [-0.2, -0.15) is 0 Å². The second-order valence-electron chi connectivity index (χ2n) is 11.9. The van der Waals surface area contributed by atoms with Crippen LogP contribution in [0, 0.1) is 0 Å². The zero-order valence-corrected chi connectivity index (χ0v) is 26.8. The fourth-order valence-corrected chi connectivity index (χ4v) is 45.1. The number of hydrogen-bond acceptors (Lipinski definition) is 0. The Kier molecular flexibility index (Phi) is 8.50. The summed E-state index contributed by atoms with van der Waals surface area (Å²) >= 11 is -3.66. The molecule has 4 aliphatic rings. The molecule has 0 nitrogen and oxygen atoms in total. The summed E-state index contributed by atoms with van der Waals surface area (Å²) in [6.07, 6.45) is 22.7. The smallest absolute Gasteiger partial charge is 0.147 e. The van der Waals surface area contributed by atoms with Crippen LogP contribution in [0.15, 0.2) is 60.2 Å². The third-order valence-corrected chi connectivity index (χ3v) is 45.4. The van der Waals surface area contributed by atoms with Crippen molar-refractivity contribution in [1.29, 1.82) is 0 Å². The molecular formula is C31H42Cl2SiZr. The number of hydrogen-bond donors (Lipinski definition) is 0.